The first-order valence-corrected chi connectivity index (χ1v) is 7.96. The van der Waals surface area contributed by atoms with Gasteiger partial charge in [0.15, 0.2) is 0 Å². The van der Waals surface area contributed by atoms with Crippen LogP contribution in [0.3, 0.4) is 0 Å². The van der Waals surface area contributed by atoms with Crippen molar-refractivity contribution in [2.75, 3.05) is 13.6 Å². The van der Waals surface area contributed by atoms with Crippen LogP contribution in [0, 0.1) is 5.92 Å². The monoisotopic (exact) mass is 279 g/mol. The summed E-state index contributed by atoms with van der Waals surface area (Å²) >= 11 is 0. The minimum Gasteiger partial charge on any atom is -0.344 e. The van der Waals surface area contributed by atoms with Crippen LogP contribution in [0.5, 0.6) is 0 Å². The second-order valence-corrected chi connectivity index (χ2v) is 6.56. The van der Waals surface area contributed by atoms with Crippen LogP contribution < -0.4 is 10.6 Å². The number of nitrogens with zero attached hydrogens (tertiary/aromatic N) is 1. The van der Waals surface area contributed by atoms with Gasteiger partial charge in [0.2, 0.25) is 11.8 Å². The van der Waals surface area contributed by atoms with Gasteiger partial charge in [0, 0.05) is 19.6 Å². The molecule has 0 bridgehead atoms. The number of carbonyl (C=O) groups is 2. The maximum atomic E-state index is 12.3. The summed E-state index contributed by atoms with van der Waals surface area (Å²) < 4.78 is 0. The molecule has 2 aliphatic heterocycles. The van der Waals surface area contributed by atoms with Gasteiger partial charge < -0.3 is 15.5 Å². The van der Waals surface area contributed by atoms with Gasteiger partial charge in [-0.25, -0.2) is 0 Å². The third-order valence-corrected chi connectivity index (χ3v) is 5.21. The second kappa shape index (κ2) is 5.72. The number of carbonyl (C=O) groups excluding carboxylic acids is 2. The average Bonchev–Trinajstić information content (AvgIpc) is 2.78. The number of amides is 2. The maximum Gasteiger partial charge on any atom is 0.244 e. The zero-order chi connectivity index (χ0) is 14.1. The van der Waals surface area contributed by atoms with Crippen LogP contribution >= 0.6 is 0 Å². The Hall–Kier alpha value is -1.10. The number of rotatable bonds is 2. The number of hydrogen-bond acceptors (Lipinski definition) is 3. The number of fused-ring (bicyclic) bond motifs is 1. The van der Waals surface area contributed by atoms with E-state index in [1.807, 2.05) is 0 Å². The van der Waals surface area contributed by atoms with E-state index in [0.717, 1.165) is 31.7 Å². The molecule has 1 saturated carbocycles. The molecule has 5 heteroatoms. The van der Waals surface area contributed by atoms with Crippen molar-refractivity contribution in [3.8, 4) is 0 Å². The highest BCUT2D eigenvalue weighted by molar-refractivity contribution is 5.90. The number of hydrogen-bond donors (Lipinski definition) is 2. The number of nitrogens with one attached hydrogen (secondary N) is 2. The molecule has 0 aromatic heterocycles. The van der Waals surface area contributed by atoms with Crippen molar-refractivity contribution in [1.29, 1.82) is 0 Å². The van der Waals surface area contributed by atoms with Crippen molar-refractivity contribution in [2.24, 2.45) is 5.92 Å². The quantitative estimate of drug-likeness (QED) is 0.780. The van der Waals surface area contributed by atoms with Crippen molar-refractivity contribution < 1.29 is 9.59 Å². The third-order valence-electron chi connectivity index (χ3n) is 5.21. The van der Waals surface area contributed by atoms with Crippen LogP contribution in [0.4, 0.5) is 0 Å². The SMILES string of the molecule is CN1CCC(NC(=O)C2CCC3CCCCC3N2)C1=O. The Morgan fingerprint density at radius 3 is 2.75 bits per heavy atom. The van der Waals surface area contributed by atoms with Crippen LogP contribution in [-0.4, -0.2) is 48.4 Å². The van der Waals surface area contributed by atoms with Crippen LogP contribution in [0.15, 0.2) is 0 Å². The van der Waals surface area contributed by atoms with Gasteiger partial charge in [-0.3, -0.25) is 9.59 Å². The molecular formula is C15H25N3O2. The molecule has 3 rings (SSSR count). The highest BCUT2D eigenvalue weighted by atomic mass is 16.2. The molecule has 3 fully saturated rings. The summed E-state index contributed by atoms with van der Waals surface area (Å²) in [5, 5.41) is 6.45. The van der Waals surface area contributed by atoms with E-state index in [1.54, 1.807) is 11.9 Å². The van der Waals surface area contributed by atoms with Crippen LogP contribution in [-0.2, 0) is 9.59 Å². The van der Waals surface area contributed by atoms with E-state index in [9.17, 15) is 9.59 Å². The molecule has 0 aromatic carbocycles. The number of likely N-dealkylation sites (tertiary alicyclic amines) is 1. The van der Waals surface area contributed by atoms with E-state index in [-0.39, 0.29) is 23.9 Å². The fourth-order valence-corrected chi connectivity index (χ4v) is 3.93. The summed E-state index contributed by atoms with van der Waals surface area (Å²) in [6, 6.07) is 0.0987. The molecule has 5 nitrogen and oxygen atoms in total. The van der Waals surface area contributed by atoms with Gasteiger partial charge in [-0.05, 0) is 38.0 Å². The molecule has 2 heterocycles. The van der Waals surface area contributed by atoms with Gasteiger partial charge >= 0.3 is 0 Å². The lowest BCUT2D eigenvalue weighted by atomic mass is 9.77. The van der Waals surface area contributed by atoms with E-state index in [0.29, 0.717) is 6.04 Å². The first-order chi connectivity index (χ1) is 9.65. The molecule has 0 aromatic rings. The van der Waals surface area contributed by atoms with Gasteiger partial charge in [0.25, 0.3) is 0 Å². The summed E-state index contributed by atoms with van der Waals surface area (Å²) in [4.78, 5) is 25.9. The largest absolute Gasteiger partial charge is 0.344 e. The highest BCUT2D eigenvalue weighted by Crippen LogP contribution is 2.32. The Bertz CT molecular complexity index is 399. The third kappa shape index (κ3) is 2.68. The fourth-order valence-electron chi connectivity index (χ4n) is 3.93. The average molecular weight is 279 g/mol. The van der Waals surface area contributed by atoms with Crippen molar-refractivity contribution in [2.45, 2.75) is 63.1 Å². The topological polar surface area (TPSA) is 61.4 Å². The summed E-state index contributed by atoms with van der Waals surface area (Å²) in [6.45, 7) is 0.743. The first-order valence-electron chi connectivity index (χ1n) is 7.96. The predicted octanol–water partition coefficient (Wildman–Crippen LogP) is 0.644. The molecule has 112 valence electrons. The Kier molecular flexibility index (Phi) is 3.96. The zero-order valence-corrected chi connectivity index (χ0v) is 12.2. The molecule has 2 N–H and O–H groups in total. The smallest absolute Gasteiger partial charge is 0.244 e. The van der Waals surface area contributed by atoms with Crippen molar-refractivity contribution in [1.82, 2.24) is 15.5 Å². The first kappa shape index (κ1) is 13.9. The van der Waals surface area contributed by atoms with E-state index < -0.39 is 0 Å². The van der Waals surface area contributed by atoms with Crippen molar-refractivity contribution in [3.05, 3.63) is 0 Å². The predicted molar refractivity (Wildman–Crippen MR) is 76.1 cm³/mol. The second-order valence-electron chi connectivity index (χ2n) is 6.56. The van der Waals surface area contributed by atoms with Gasteiger partial charge in [0.1, 0.15) is 6.04 Å². The Morgan fingerprint density at radius 1 is 1.20 bits per heavy atom. The van der Waals surface area contributed by atoms with Crippen LogP contribution in [0.1, 0.15) is 44.9 Å². The van der Waals surface area contributed by atoms with Crippen LogP contribution in [0.25, 0.3) is 0 Å². The lowest BCUT2D eigenvalue weighted by Crippen LogP contribution is -2.56. The maximum absolute atomic E-state index is 12.3. The molecule has 4 unspecified atom stereocenters. The van der Waals surface area contributed by atoms with E-state index in [1.165, 1.54) is 25.7 Å². The number of piperidine rings is 1. The summed E-state index contributed by atoms with van der Waals surface area (Å²) in [5.41, 5.74) is 0. The Balaban J connectivity index is 1.54. The molecular weight excluding hydrogens is 254 g/mol. The summed E-state index contributed by atoms with van der Waals surface area (Å²) in [5.74, 6) is 0.819. The molecule has 0 radical (unpaired) electrons. The summed E-state index contributed by atoms with van der Waals surface area (Å²) in [7, 11) is 1.79. The Morgan fingerprint density at radius 2 is 2.00 bits per heavy atom. The Labute approximate surface area is 120 Å². The standard InChI is InChI=1S/C15H25N3O2/c1-18-9-8-13(15(18)20)17-14(19)12-7-6-10-4-2-3-5-11(10)16-12/h10-13,16H,2-9H2,1H3,(H,17,19). The lowest BCUT2D eigenvalue weighted by Gasteiger charge is -2.40. The van der Waals surface area contributed by atoms with Crippen LogP contribution in [0.2, 0.25) is 0 Å². The molecule has 1 aliphatic carbocycles. The van der Waals surface area contributed by atoms with Crippen molar-refractivity contribution >= 4 is 11.8 Å². The molecule has 4 atom stereocenters. The normalized spacial score (nSPS) is 37.6. The van der Waals surface area contributed by atoms with Gasteiger partial charge in [-0.1, -0.05) is 12.8 Å². The van der Waals surface area contributed by atoms with Gasteiger partial charge in [0.05, 0.1) is 6.04 Å². The van der Waals surface area contributed by atoms with E-state index in [4.69, 9.17) is 0 Å². The zero-order valence-electron chi connectivity index (χ0n) is 12.2. The number of likely N-dealkylation sites (N-methyl/N-ethyl adjacent to an activating group) is 1. The minimum atomic E-state index is -0.307. The minimum absolute atomic E-state index is 0.0164. The summed E-state index contributed by atoms with van der Waals surface area (Å²) in [6.07, 6.45) is 7.90. The van der Waals surface area contributed by atoms with Gasteiger partial charge in [-0.2, -0.15) is 0 Å². The molecule has 2 amide bonds. The fraction of sp³-hybridized carbons (Fsp3) is 0.867. The molecule has 3 aliphatic rings. The van der Waals surface area contributed by atoms with Gasteiger partial charge in [-0.15, -0.1) is 0 Å². The van der Waals surface area contributed by atoms with Crippen molar-refractivity contribution in [3.63, 3.8) is 0 Å². The molecule has 20 heavy (non-hydrogen) atoms. The lowest BCUT2D eigenvalue weighted by molar-refractivity contribution is -0.133. The van der Waals surface area contributed by atoms with E-state index in [2.05, 4.69) is 10.6 Å². The van der Waals surface area contributed by atoms with E-state index >= 15 is 0 Å². The highest BCUT2D eigenvalue weighted by Gasteiger charge is 2.37. The molecule has 0 spiro atoms. The molecule has 2 saturated heterocycles.